The van der Waals surface area contributed by atoms with Crippen LogP contribution in [0.1, 0.15) is 15.9 Å². The molecule has 2 N–H and O–H groups in total. The molecular weight excluding hydrogens is 255 g/mol. The van der Waals surface area contributed by atoms with Gasteiger partial charge in [-0.25, -0.2) is 4.39 Å². The smallest absolute Gasteiger partial charge is 0.248 e. The van der Waals surface area contributed by atoms with Gasteiger partial charge in [-0.3, -0.25) is 4.79 Å². The second-order valence-corrected chi connectivity index (χ2v) is 4.71. The lowest BCUT2D eigenvalue weighted by Gasteiger charge is -2.06. The summed E-state index contributed by atoms with van der Waals surface area (Å²) in [7, 11) is 0. The maximum absolute atomic E-state index is 13.3. The Bertz CT molecular complexity index is 775. The molecule has 0 atom stereocenters. The Morgan fingerprint density at radius 1 is 1.10 bits per heavy atom. The van der Waals surface area contributed by atoms with Gasteiger partial charge in [0.05, 0.1) is 5.52 Å². The number of halogens is 1. The molecule has 0 aliphatic heterocycles. The summed E-state index contributed by atoms with van der Waals surface area (Å²) in [6.45, 7) is 0.617. The number of benzene rings is 2. The van der Waals surface area contributed by atoms with Crippen LogP contribution in [0.2, 0.25) is 0 Å². The molecule has 1 heterocycles. The Kier molecular flexibility index (Phi) is 2.99. The lowest BCUT2D eigenvalue weighted by atomic mass is 10.1. The molecule has 0 saturated heterocycles. The van der Waals surface area contributed by atoms with Gasteiger partial charge < -0.3 is 10.3 Å². The molecule has 100 valence electrons. The molecule has 0 radical (unpaired) electrons. The van der Waals surface area contributed by atoms with E-state index in [0.717, 1.165) is 16.5 Å². The monoisotopic (exact) mass is 268 g/mol. The SMILES string of the molecule is NC(=O)c1ccc(Cn2ccc3ccc(F)cc32)cc1. The molecule has 0 aliphatic rings. The first-order chi connectivity index (χ1) is 9.63. The maximum atomic E-state index is 13.3. The van der Waals surface area contributed by atoms with Gasteiger partial charge in [-0.15, -0.1) is 0 Å². The molecule has 0 aliphatic carbocycles. The van der Waals surface area contributed by atoms with E-state index in [1.165, 1.54) is 12.1 Å². The fourth-order valence-electron chi connectivity index (χ4n) is 2.27. The van der Waals surface area contributed by atoms with Crippen LogP contribution in [0.15, 0.2) is 54.7 Å². The number of fused-ring (bicyclic) bond motifs is 1. The molecule has 1 aromatic heterocycles. The van der Waals surface area contributed by atoms with E-state index in [4.69, 9.17) is 5.73 Å². The number of hydrogen-bond acceptors (Lipinski definition) is 1. The van der Waals surface area contributed by atoms with Crippen LogP contribution in [-0.4, -0.2) is 10.5 Å². The Morgan fingerprint density at radius 2 is 1.85 bits per heavy atom. The first-order valence-electron chi connectivity index (χ1n) is 6.26. The topological polar surface area (TPSA) is 48.0 Å². The molecule has 3 rings (SSSR count). The predicted octanol–water partition coefficient (Wildman–Crippen LogP) is 2.93. The number of carbonyl (C=O) groups is 1. The lowest BCUT2D eigenvalue weighted by Crippen LogP contribution is -2.10. The van der Waals surface area contributed by atoms with Gasteiger partial charge in [-0.1, -0.05) is 12.1 Å². The van der Waals surface area contributed by atoms with Crippen LogP contribution in [0.4, 0.5) is 4.39 Å². The molecule has 3 aromatic rings. The van der Waals surface area contributed by atoms with Crippen LogP contribution in [0, 0.1) is 5.82 Å². The van der Waals surface area contributed by atoms with Gasteiger partial charge >= 0.3 is 0 Å². The molecule has 4 heteroatoms. The molecular formula is C16H13FN2O. The Hall–Kier alpha value is -2.62. The molecule has 0 saturated carbocycles. The Morgan fingerprint density at radius 3 is 2.55 bits per heavy atom. The molecule has 20 heavy (non-hydrogen) atoms. The second-order valence-electron chi connectivity index (χ2n) is 4.71. The zero-order valence-corrected chi connectivity index (χ0v) is 10.7. The molecule has 0 unspecified atom stereocenters. The van der Waals surface area contributed by atoms with E-state index in [1.54, 1.807) is 18.2 Å². The minimum absolute atomic E-state index is 0.249. The van der Waals surface area contributed by atoms with E-state index < -0.39 is 5.91 Å². The zero-order valence-electron chi connectivity index (χ0n) is 10.7. The van der Waals surface area contributed by atoms with Crippen LogP contribution in [0.25, 0.3) is 10.9 Å². The molecule has 2 aromatic carbocycles. The normalized spacial score (nSPS) is 10.8. The van der Waals surface area contributed by atoms with Crippen LogP contribution in [-0.2, 0) is 6.54 Å². The van der Waals surface area contributed by atoms with Crippen molar-refractivity contribution in [3.8, 4) is 0 Å². The largest absolute Gasteiger partial charge is 0.366 e. The summed E-state index contributed by atoms with van der Waals surface area (Å²) in [6.07, 6.45) is 1.92. The summed E-state index contributed by atoms with van der Waals surface area (Å²) in [5, 5.41) is 1.00. The van der Waals surface area contributed by atoms with Crippen molar-refractivity contribution in [2.45, 2.75) is 6.54 Å². The first-order valence-corrected chi connectivity index (χ1v) is 6.26. The first kappa shape index (κ1) is 12.4. The Labute approximate surface area is 115 Å². The highest BCUT2D eigenvalue weighted by molar-refractivity contribution is 5.92. The van der Waals surface area contributed by atoms with Crippen molar-refractivity contribution >= 4 is 16.8 Å². The van der Waals surface area contributed by atoms with Crippen LogP contribution < -0.4 is 5.73 Å². The van der Waals surface area contributed by atoms with Gasteiger partial charge in [-0.05, 0) is 47.3 Å². The quantitative estimate of drug-likeness (QED) is 0.780. The maximum Gasteiger partial charge on any atom is 0.248 e. The number of aromatic nitrogens is 1. The average Bonchev–Trinajstić information content (AvgIpc) is 2.82. The molecule has 1 amide bonds. The number of rotatable bonds is 3. The van der Waals surface area contributed by atoms with Gasteiger partial charge in [-0.2, -0.15) is 0 Å². The van der Waals surface area contributed by atoms with Crippen LogP contribution in [0.5, 0.6) is 0 Å². The highest BCUT2D eigenvalue weighted by Crippen LogP contribution is 2.18. The highest BCUT2D eigenvalue weighted by atomic mass is 19.1. The fourth-order valence-corrected chi connectivity index (χ4v) is 2.27. The van der Waals surface area contributed by atoms with Gasteiger partial charge in [0.2, 0.25) is 5.91 Å². The van der Waals surface area contributed by atoms with Crippen molar-refractivity contribution in [2.75, 3.05) is 0 Å². The van der Waals surface area contributed by atoms with E-state index >= 15 is 0 Å². The standard InChI is InChI=1S/C16H13FN2O/c17-14-6-5-12-7-8-19(15(12)9-14)10-11-1-3-13(4-2-11)16(18)20/h1-9H,10H2,(H2,18,20). The van der Waals surface area contributed by atoms with Gasteiger partial charge in [0, 0.05) is 18.3 Å². The van der Waals surface area contributed by atoms with Crippen molar-refractivity contribution in [1.29, 1.82) is 0 Å². The number of amides is 1. The van der Waals surface area contributed by atoms with Gasteiger partial charge in [0.25, 0.3) is 0 Å². The average molecular weight is 268 g/mol. The third-order valence-electron chi connectivity index (χ3n) is 3.33. The summed E-state index contributed by atoms with van der Waals surface area (Å²) >= 11 is 0. The van der Waals surface area contributed by atoms with Gasteiger partial charge in [0.1, 0.15) is 5.82 Å². The van der Waals surface area contributed by atoms with Crippen molar-refractivity contribution in [2.24, 2.45) is 5.73 Å². The van der Waals surface area contributed by atoms with Crippen molar-refractivity contribution in [1.82, 2.24) is 4.57 Å². The minimum atomic E-state index is -0.440. The molecule has 0 fully saturated rings. The van der Waals surface area contributed by atoms with Crippen LogP contribution >= 0.6 is 0 Å². The number of nitrogens with two attached hydrogens (primary N) is 1. The van der Waals surface area contributed by atoms with Crippen molar-refractivity contribution in [3.05, 3.63) is 71.7 Å². The highest BCUT2D eigenvalue weighted by Gasteiger charge is 2.04. The molecule has 0 spiro atoms. The molecule has 0 bridgehead atoms. The predicted molar refractivity (Wildman–Crippen MR) is 76.0 cm³/mol. The minimum Gasteiger partial charge on any atom is -0.366 e. The van der Waals surface area contributed by atoms with Gasteiger partial charge in [0.15, 0.2) is 0 Å². The number of nitrogens with zero attached hydrogens (tertiary/aromatic N) is 1. The number of hydrogen-bond donors (Lipinski definition) is 1. The van der Waals surface area contributed by atoms with Crippen molar-refractivity contribution in [3.63, 3.8) is 0 Å². The third-order valence-corrected chi connectivity index (χ3v) is 3.33. The summed E-state index contributed by atoms with van der Waals surface area (Å²) in [5.41, 5.74) is 7.56. The zero-order chi connectivity index (χ0) is 14.1. The van der Waals surface area contributed by atoms with E-state index in [0.29, 0.717) is 12.1 Å². The number of primary amides is 1. The number of carbonyl (C=O) groups excluding carboxylic acids is 1. The summed E-state index contributed by atoms with van der Waals surface area (Å²) in [4.78, 5) is 11.0. The van der Waals surface area contributed by atoms with Crippen molar-refractivity contribution < 1.29 is 9.18 Å². The summed E-state index contributed by atoms with van der Waals surface area (Å²) in [6, 6.07) is 13.8. The van der Waals surface area contributed by atoms with E-state index in [-0.39, 0.29) is 5.82 Å². The van der Waals surface area contributed by atoms with Crippen LogP contribution in [0.3, 0.4) is 0 Å². The van der Waals surface area contributed by atoms with E-state index in [2.05, 4.69) is 0 Å². The molecule has 3 nitrogen and oxygen atoms in total. The van der Waals surface area contributed by atoms with E-state index in [1.807, 2.05) is 29.0 Å². The third kappa shape index (κ3) is 2.28. The lowest BCUT2D eigenvalue weighted by molar-refractivity contribution is 0.100. The fraction of sp³-hybridized carbons (Fsp3) is 0.0625. The summed E-state index contributed by atoms with van der Waals surface area (Å²) in [5.74, 6) is -0.688. The second kappa shape index (κ2) is 4.81. The Balaban J connectivity index is 1.92. The summed E-state index contributed by atoms with van der Waals surface area (Å²) < 4.78 is 15.3. The van der Waals surface area contributed by atoms with E-state index in [9.17, 15) is 9.18 Å².